The first-order chi connectivity index (χ1) is 10.1. The van der Waals surface area contributed by atoms with E-state index in [2.05, 4.69) is 0 Å². The Morgan fingerprint density at radius 2 is 1.95 bits per heavy atom. The Morgan fingerprint density at radius 3 is 2.67 bits per heavy atom. The third kappa shape index (κ3) is 4.13. The first-order valence-electron chi connectivity index (χ1n) is 6.92. The second-order valence-corrected chi connectivity index (χ2v) is 4.99. The number of nitrogens with two attached hydrogens (primary N) is 1. The van der Waals surface area contributed by atoms with Crippen LogP contribution in [0.1, 0.15) is 29.6 Å². The zero-order chi connectivity index (χ0) is 15.2. The molecule has 0 unspecified atom stereocenters. The number of carbonyl (C=O) groups excluding carboxylic acids is 3. The Hall–Kier alpha value is -2.21. The standard InChI is InChI=1S/C15H18N2O4/c16-12-8-4-5-9-17(14(12)19)10-13(18)21-15(20)11-6-2-1-3-7-11/h1-3,6-7,12H,4-5,8-10,16H2/t12-/m0/s1. The summed E-state index contributed by atoms with van der Waals surface area (Å²) in [5, 5.41) is 0. The lowest BCUT2D eigenvalue weighted by atomic mass is 10.1. The SMILES string of the molecule is N[C@H]1CCCCN(CC(=O)OC(=O)c2ccccc2)C1=O. The first-order valence-corrected chi connectivity index (χ1v) is 6.92. The van der Waals surface area contributed by atoms with Crippen LogP contribution in [0.15, 0.2) is 30.3 Å². The summed E-state index contributed by atoms with van der Waals surface area (Å²) in [7, 11) is 0. The zero-order valence-electron chi connectivity index (χ0n) is 11.7. The van der Waals surface area contributed by atoms with Crippen molar-refractivity contribution < 1.29 is 19.1 Å². The van der Waals surface area contributed by atoms with Crippen LogP contribution in [0.2, 0.25) is 0 Å². The molecule has 1 aliphatic heterocycles. The van der Waals surface area contributed by atoms with E-state index in [-0.39, 0.29) is 12.5 Å². The van der Waals surface area contributed by atoms with E-state index in [0.717, 1.165) is 12.8 Å². The van der Waals surface area contributed by atoms with Crippen LogP contribution in [0.3, 0.4) is 0 Å². The molecule has 1 fully saturated rings. The number of amides is 1. The third-order valence-electron chi connectivity index (χ3n) is 3.36. The molecule has 0 bridgehead atoms. The van der Waals surface area contributed by atoms with Gasteiger partial charge in [0.15, 0.2) is 0 Å². The van der Waals surface area contributed by atoms with Crippen LogP contribution in [0, 0.1) is 0 Å². The Morgan fingerprint density at radius 1 is 1.24 bits per heavy atom. The number of rotatable bonds is 3. The number of benzene rings is 1. The number of hydrogen-bond acceptors (Lipinski definition) is 5. The van der Waals surface area contributed by atoms with Crippen molar-refractivity contribution in [2.75, 3.05) is 13.1 Å². The smallest absolute Gasteiger partial charge is 0.345 e. The second-order valence-electron chi connectivity index (χ2n) is 4.99. The predicted molar refractivity (Wildman–Crippen MR) is 75.3 cm³/mol. The fourth-order valence-corrected chi connectivity index (χ4v) is 2.22. The Kier molecular flexibility index (Phi) is 5.05. The minimum Gasteiger partial charge on any atom is -0.388 e. The van der Waals surface area contributed by atoms with E-state index in [0.29, 0.717) is 18.5 Å². The molecular weight excluding hydrogens is 272 g/mol. The van der Waals surface area contributed by atoms with Crippen molar-refractivity contribution in [3.63, 3.8) is 0 Å². The van der Waals surface area contributed by atoms with Gasteiger partial charge in [-0.15, -0.1) is 0 Å². The summed E-state index contributed by atoms with van der Waals surface area (Å²) in [6.07, 6.45) is 2.26. The second kappa shape index (κ2) is 6.99. The molecule has 1 amide bonds. The fraction of sp³-hybridized carbons (Fsp3) is 0.400. The Bertz CT molecular complexity index is 530. The number of esters is 2. The lowest BCUT2D eigenvalue weighted by Crippen LogP contribution is -2.45. The van der Waals surface area contributed by atoms with Gasteiger partial charge in [0.05, 0.1) is 11.6 Å². The van der Waals surface area contributed by atoms with Gasteiger partial charge < -0.3 is 15.4 Å². The van der Waals surface area contributed by atoms with E-state index in [4.69, 9.17) is 10.5 Å². The van der Waals surface area contributed by atoms with Gasteiger partial charge in [-0.1, -0.05) is 18.2 Å². The van der Waals surface area contributed by atoms with Crippen LogP contribution in [0.4, 0.5) is 0 Å². The summed E-state index contributed by atoms with van der Waals surface area (Å²) >= 11 is 0. The Balaban J connectivity index is 1.92. The lowest BCUT2D eigenvalue weighted by Gasteiger charge is -2.21. The van der Waals surface area contributed by atoms with Gasteiger partial charge in [-0.25, -0.2) is 9.59 Å². The average molecular weight is 290 g/mol. The van der Waals surface area contributed by atoms with Crippen molar-refractivity contribution in [2.24, 2.45) is 5.73 Å². The lowest BCUT2D eigenvalue weighted by molar-refractivity contribution is -0.145. The molecule has 21 heavy (non-hydrogen) atoms. The van der Waals surface area contributed by atoms with Gasteiger partial charge in [-0.2, -0.15) is 0 Å². The molecule has 0 radical (unpaired) electrons. The minimum absolute atomic E-state index is 0.245. The Labute approximate surface area is 122 Å². The van der Waals surface area contributed by atoms with Crippen LogP contribution >= 0.6 is 0 Å². The maximum Gasteiger partial charge on any atom is 0.345 e. The van der Waals surface area contributed by atoms with E-state index in [9.17, 15) is 14.4 Å². The van der Waals surface area contributed by atoms with Crippen molar-refractivity contribution in [3.8, 4) is 0 Å². The zero-order valence-corrected chi connectivity index (χ0v) is 11.7. The van der Waals surface area contributed by atoms with Gasteiger partial charge >= 0.3 is 11.9 Å². The van der Waals surface area contributed by atoms with Gasteiger partial charge in [0.1, 0.15) is 6.54 Å². The summed E-state index contributed by atoms with van der Waals surface area (Å²) < 4.78 is 4.75. The topological polar surface area (TPSA) is 89.7 Å². The van der Waals surface area contributed by atoms with E-state index in [1.807, 2.05) is 0 Å². The van der Waals surface area contributed by atoms with Gasteiger partial charge in [0.2, 0.25) is 5.91 Å². The molecule has 6 heteroatoms. The predicted octanol–water partition coefficient (Wildman–Crippen LogP) is 0.710. The number of hydrogen-bond donors (Lipinski definition) is 1. The summed E-state index contributed by atoms with van der Waals surface area (Å²) in [6.45, 7) is 0.215. The highest BCUT2D eigenvalue weighted by Gasteiger charge is 2.26. The van der Waals surface area contributed by atoms with Crippen LogP contribution in [-0.4, -0.2) is 41.9 Å². The molecule has 0 aromatic heterocycles. The maximum atomic E-state index is 11.9. The van der Waals surface area contributed by atoms with Crippen molar-refractivity contribution in [1.82, 2.24) is 4.90 Å². The molecule has 2 N–H and O–H groups in total. The van der Waals surface area contributed by atoms with Crippen molar-refractivity contribution in [2.45, 2.75) is 25.3 Å². The number of nitrogens with zero attached hydrogens (tertiary/aromatic N) is 1. The molecule has 1 saturated heterocycles. The van der Waals surface area contributed by atoms with Crippen molar-refractivity contribution in [3.05, 3.63) is 35.9 Å². The maximum absolute atomic E-state index is 11.9. The molecule has 112 valence electrons. The van der Waals surface area contributed by atoms with Crippen LogP contribution in [0.5, 0.6) is 0 Å². The molecule has 6 nitrogen and oxygen atoms in total. The molecular formula is C15H18N2O4. The fourth-order valence-electron chi connectivity index (χ4n) is 2.22. The summed E-state index contributed by atoms with van der Waals surface area (Å²) in [5.41, 5.74) is 6.02. The van der Waals surface area contributed by atoms with E-state index >= 15 is 0 Å². The number of ether oxygens (including phenoxy) is 1. The highest BCUT2D eigenvalue weighted by atomic mass is 16.6. The largest absolute Gasteiger partial charge is 0.388 e. The average Bonchev–Trinajstić information content (AvgIpc) is 2.64. The van der Waals surface area contributed by atoms with Gasteiger partial charge in [0.25, 0.3) is 0 Å². The van der Waals surface area contributed by atoms with Gasteiger partial charge in [-0.3, -0.25) is 4.79 Å². The van der Waals surface area contributed by atoms with E-state index in [1.54, 1.807) is 30.3 Å². The van der Waals surface area contributed by atoms with Crippen LogP contribution in [0.25, 0.3) is 0 Å². The monoisotopic (exact) mass is 290 g/mol. The molecule has 0 aliphatic carbocycles. The number of carbonyl (C=O) groups is 3. The molecule has 1 aromatic rings. The molecule has 0 saturated carbocycles. The first kappa shape index (κ1) is 15.2. The molecule has 1 heterocycles. The summed E-state index contributed by atoms with van der Waals surface area (Å²) in [6, 6.07) is 7.66. The summed E-state index contributed by atoms with van der Waals surface area (Å²) in [5.74, 6) is -1.73. The summed E-state index contributed by atoms with van der Waals surface area (Å²) in [4.78, 5) is 36.8. The molecule has 2 rings (SSSR count). The van der Waals surface area contributed by atoms with Gasteiger partial charge in [0, 0.05) is 6.54 Å². The van der Waals surface area contributed by atoms with E-state index < -0.39 is 18.0 Å². The number of likely N-dealkylation sites (tertiary alicyclic amines) is 1. The minimum atomic E-state index is -0.744. The van der Waals surface area contributed by atoms with Gasteiger partial charge in [-0.05, 0) is 31.4 Å². The normalized spacial score (nSPS) is 19.0. The molecule has 0 spiro atoms. The third-order valence-corrected chi connectivity index (χ3v) is 3.36. The van der Waals surface area contributed by atoms with Crippen LogP contribution in [-0.2, 0) is 14.3 Å². The van der Waals surface area contributed by atoms with Crippen molar-refractivity contribution in [1.29, 1.82) is 0 Å². The highest BCUT2D eigenvalue weighted by Crippen LogP contribution is 2.11. The molecule has 1 atom stereocenters. The van der Waals surface area contributed by atoms with Crippen LogP contribution < -0.4 is 5.73 Å². The molecule has 1 aliphatic rings. The molecule has 1 aromatic carbocycles. The highest BCUT2D eigenvalue weighted by molar-refractivity contribution is 5.98. The van der Waals surface area contributed by atoms with Crippen molar-refractivity contribution >= 4 is 17.8 Å². The van der Waals surface area contributed by atoms with E-state index in [1.165, 1.54) is 4.90 Å². The quantitative estimate of drug-likeness (QED) is 0.654.